The average molecular weight is 365 g/mol. The molecule has 1 aliphatic rings. The Morgan fingerprint density at radius 1 is 1.28 bits per heavy atom. The van der Waals surface area contributed by atoms with Gasteiger partial charge in [-0.15, -0.1) is 0 Å². The molecule has 1 fully saturated rings. The van der Waals surface area contributed by atoms with Crippen molar-refractivity contribution in [3.8, 4) is 11.5 Å². The number of hydrogen-bond donors (Lipinski definition) is 2. The van der Waals surface area contributed by atoms with Gasteiger partial charge in [-0.25, -0.2) is 9.78 Å². The molecule has 1 heterocycles. The quantitative estimate of drug-likeness (QED) is 0.851. The van der Waals surface area contributed by atoms with Gasteiger partial charge in [-0.05, 0) is 25.3 Å². The van der Waals surface area contributed by atoms with E-state index in [0.717, 1.165) is 19.3 Å². The zero-order valence-corrected chi connectivity index (χ0v) is 14.9. The molecule has 134 valence electrons. The number of benzene rings is 1. The molecule has 2 atom stereocenters. The van der Waals surface area contributed by atoms with Crippen molar-refractivity contribution in [3.63, 3.8) is 0 Å². The Morgan fingerprint density at radius 3 is 2.76 bits per heavy atom. The van der Waals surface area contributed by atoms with Crippen LogP contribution in [0.1, 0.15) is 25.3 Å². The summed E-state index contributed by atoms with van der Waals surface area (Å²) in [7, 11) is 3.05. The Morgan fingerprint density at radius 2 is 2.08 bits per heavy atom. The molecule has 2 N–H and O–H groups in total. The number of imidazole rings is 1. The predicted octanol–water partition coefficient (Wildman–Crippen LogP) is 3.47. The molecule has 0 saturated heterocycles. The summed E-state index contributed by atoms with van der Waals surface area (Å²) >= 11 is 6.14. The summed E-state index contributed by atoms with van der Waals surface area (Å²) in [5.74, 6) is 0.967. The lowest BCUT2D eigenvalue weighted by atomic mass is 10.2. The van der Waals surface area contributed by atoms with E-state index < -0.39 is 0 Å². The number of hydrogen-bond acceptors (Lipinski definition) is 4. The normalized spacial score (nSPS) is 19.5. The van der Waals surface area contributed by atoms with E-state index in [2.05, 4.69) is 15.6 Å². The van der Waals surface area contributed by atoms with Crippen molar-refractivity contribution in [1.29, 1.82) is 0 Å². The number of nitrogens with zero attached hydrogens (tertiary/aromatic N) is 2. The molecule has 2 amide bonds. The molecular formula is C17H21ClN4O3. The van der Waals surface area contributed by atoms with Crippen molar-refractivity contribution in [2.24, 2.45) is 0 Å². The van der Waals surface area contributed by atoms with E-state index in [1.54, 1.807) is 24.7 Å². The van der Waals surface area contributed by atoms with Gasteiger partial charge in [0.2, 0.25) is 0 Å². The standard InChI is InChI=1S/C17H21ClN4O3/c1-24-15-9-16(25-2)13(8-11(15)18)21-17(23)20-12-4-3-5-14(12)22-7-6-19-10-22/h6-10,12,14H,3-5H2,1-2H3,(H2,20,21,23)/t12-,14-/m1/s1. The lowest BCUT2D eigenvalue weighted by Crippen LogP contribution is -2.40. The largest absolute Gasteiger partial charge is 0.495 e. The highest BCUT2D eigenvalue weighted by atomic mass is 35.5. The summed E-state index contributed by atoms with van der Waals surface area (Å²) in [6.45, 7) is 0. The fourth-order valence-corrected chi connectivity index (χ4v) is 3.46. The Hall–Kier alpha value is -2.41. The minimum Gasteiger partial charge on any atom is -0.495 e. The van der Waals surface area contributed by atoms with E-state index in [9.17, 15) is 4.79 Å². The Balaban J connectivity index is 1.69. The van der Waals surface area contributed by atoms with Gasteiger partial charge in [-0.1, -0.05) is 11.6 Å². The van der Waals surface area contributed by atoms with Crippen molar-refractivity contribution in [2.45, 2.75) is 31.3 Å². The molecule has 1 aromatic heterocycles. The van der Waals surface area contributed by atoms with Crippen LogP contribution in [0, 0.1) is 0 Å². The molecule has 1 saturated carbocycles. The second-order valence-corrected chi connectivity index (χ2v) is 6.31. The van der Waals surface area contributed by atoms with Gasteiger partial charge >= 0.3 is 6.03 Å². The van der Waals surface area contributed by atoms with Crippen LogP contribution in [0.3, 0.4) is 0 Å². The molecule has 7 nitrogen and oxygen atoms in total. The lowest BCUT2D eigenvalue weighted by Gasteiger charge is -2.22. The maximum absolute atomic E-state index is 12.4. The van der Waals surface area contributed by atoms with Gasteiger partial charge in [-0.2, -0.15) is 0 Å². The topological polar surface area (TPSA) is 77.4 Å². The molecule has 0 bridgehead atoms. The second kappa shape index (κ2) is 7.65. The molecular weight excluding hydrogens is 344 g/mol. The van der Waals surface area contributed by atoms with Crippen molar-refractivity contribution in [3.05, 3.63) is 35.9 Å². The van der Waals surface area contributed by atoms with E-state index in [0.29, 0.717) is 22.2 Å². The van der Waals surface area contributed by atoms with Crippen LogP contribution >= 0.6 is 11.6 Å². The second-order valence-electron chi connectivity index (χ2n) is 5.90. The van der Waals surface area contributed by atoms with Crippen LogP contribution in [-0.4, -0.2) is 35.8 Å². The summed E-state index contributed by atoms with van der Waals surface area (Å²) in [4.78, 5) is 16.5. The molecule has 1 aromatic carbocycles. The SMILES string of the molecule is COc1cc(OC)c(NC(=O)N[C@@H]2CCC[C@H]2n2ccnc2)cc1Cl. The monoisotopic (exact) mass is 364 g/mol. The first kappa shape index (κ1) is 17.4. The summed E-state index contributed by atoms with van der Waals surface area (Å²) in [5, 5.41) is 6.24. The number of methoxy groups -OCH3 is 2. The zero-order valence-electron chi connectivity index (χ0n) is 14.2. The van der Waals surface area contributed by atoms with E-state index in [1.807, 2.05) is 10.8 Å². The summed E-state index contributed by atoms with van der Waals surface area (Å²) < 4.78 is 12.5. The molecule has 3 rings (SSSR count). The number of urea groups is 1. The van der Waals surface area contributed by atoms with E-state index >= 15 is 0 Å². The molecule has 25 heavy (non-hydrogen) atoms. The Bertz CT molecular complexity index is 736. The molecule has 0 radical (unpaired) electrons. The van der Waals surface area contributed by atoms with Crippen LogP contribution in [0.4, 0.5) is 10.5 Å². The predicted molar refractivity (Wildman–Crippen MR) is 95.6 cm³/mol. The van der Waals surface area contributed by atoms with Crippen LogP contribution < -0.4 is 20.1 Å². The van der Waals surface area contributed by atoms with Gasteiger partial charge in [0.1, 0.15) is 11.5 Å². The first-order valence-corrected chi connectivity index (χ1v) is 8.46. The van der Waals surface area contributed by atoms with Crippen molar-refractivity contribution in [1.82, 2.24) is 14.9 Å². The molecule has 0 unspecified atom stereocenters. The van der Waals surface area contributed by atoms with Crippen molar-refractivity contribution < 1.29 is 14.3 Å². The van der Waals surface area contributed by atoms with Crippen LogP contribution in [0.5, 0.6) is 11.5 Å². The number of carbonyl (C=O) groups excluding carboxylic acids is 1. The maximum atomic E-state index is 12.4. The first-order valence-electron chi connectivity index (χ1n) is 8.09. The van der Waals surface area contributed by atoms with Gasteiger partial charge in [0.05, 0.1) is 43.3 Å². The van der Waals surface area contributed by atoms with Crippen LogP contribution in [-0.2, 0) is 0 Å². The molecule has 2 aromatic rings. The number of amides is 2. The van der Waals surface area contributed by atoms with Crippen LogP contribution in [0.15, 0.2) is 30.9 Å². The highest BCUT2D eigenvalue weighted by Crippen LogP contribution is 2.36. The smallest absolute Gasteiger partial charge is 0.319 e. The van der Waals surface area contributed by atoms with E-state index in [1.165, 1.54) is 14.2 Å². The summed E-state index contributed by atoms with van der Waals surface area (Å²) in [6, 6.07) is 3.22. The highest BCUT2D eigenvalue weighted by Gasteiger charge is 2.29. The Labute approximate surface area is 151 Å². The van der Waals surface area contributed by atoms with Gasteiger partial charge in [0.15, 0.2) is 0 Å². The van der Waals surface area contributed by atoms with Crippen LogP contribution in [0.2, 0.25) is 5.02 Å². The maximum Gasteiger partial charge on any atom is 0.319 e. The highest BCUT2D eigenvalue weighted by molar-refractivity contribution is 6.32. The number of aromatic nitrogens is 2. The van der Waals surface area contributed by atoms with Crippen molar-refractivity contribution >= 4 is 23.3 Å². The third-order valence-electron chi connectivity index (χ3n) is 4.43. The molecule has 1 aliphatic carbocycles. The molecule has 8 heteroatoms. The van der Waals surface area contributed by atoms with Gasteiger partial charge in [0.25, 0.3) is 0 Å². The third-order valence-corrected chi connectivity index (χ3v) is 4.72. The average Bonchev–Trinajstić information content (AvgIpc) is 3.26. The Kier molecular flexibility index (Phi) is 5.33. The lowest BCUT2D eigenvalue weighted by molar-refractivity contribution is 0.245. The zero-order chi connectivity index (χ0) is 17.8. The number of anilines is 1. The fourth-order valence-electron chi connectivity index (χ4n) is 3.22. The first-order chi connectivity index (χ1) is 12.1. The third kappa shape index (κ3) is 3.82. The summed E-state index contributed by atoms with van der Waals surface area (Å²) in [6.07, 6.45) is 8.46. The van der Waals surface area contributed by atoms with Gasteiger partial charge < -0.3 is 24.7 Å². The number of ether oxygens (including phenoxy) is 2. The van der Waals surface area contributed by atoms with E-state index in [-0.39, 0.29) is 18.1 Å². The molecule has 0 aliphatic heterocycles. The minimum absolute atomic E-state index is 0.0499. The molecule has 0 spiro atoms. The number of nitrogens with one attached hydrogen (secondary N) is 2. The van der Waals surface area contributed by atoms with Gasteiger partial charge in [-0.3, -0.25) is 0 Å². The van der Waals surface area contributed by atoms with Crippen molar-refractivity contribution in [2.75, 3.05) is 19.5 Å². The van der Waals surface area contributed by atoms with Crippen LogP contribution in [0.25, 0.3) is 0 Å². The van der Waals surface area contributed by atoms with E-state index in [4.69, 9.17) is 21.1 Å². The minimum atomic E-state index is -0.295. The summed E-state index contributed by atoms with van der Waals surface area (Å²) in [5.41, 5.74) is 0.489. The number of halogens is 1. The fraction of sp³-hybridized carbons (Fsp3) is 0.412. The number of rotatable bonds is 5. The number of carbonyl (C=O) groups is 1. The van der Waals surface area contributed by atoms with Gasteiger partial charge in [0, 0.05) is 18.5 Å².